The molecule has 0 saturated heterocycles. The van der Waals surface area contributed by atoms with E-state index in [1.165, 1.54) is 5.56 Å². The van der Waals surface area contributed by atoms with Crippen LogP contribution in [0.25, 0.3) is 0 Å². The number of nitrogens with one attached hydrogen (secondary N) is 1. The maximum Gasteiger partial charge on any atom is 0.260 e. The average Bonchev–Trinajstić information content (AvgIpc) is 2.56. The molecule has 1 N–H and O–H groups in total. The Morgan fingerprint density at radius 2 is 2.00 bits per heavy atom. The number of rotatable bonds is 8. The van der Waals surface area contributed by atoms with Gasteiger partial charge in [-0.05, 0) is 49.2 Å². The van der Waals surface area contributed by atoms with E-state index in [9.17, 15) is 4.79 Å². The molecule has 5 heteroatoms. The second kappa shape index (κ2) is 9.60. The van der Waals surface area contributed by atoms with Gasteiger partial charge in [-0.1, -0.05) is 35.9 Å². The lowest BCUT2D eigenvalue weighted by Gasteiger charge is -2.15. The highest BCUT2D eigenvalue weighted by Crippen LogP contribution is 2.16. The van der Waals surface area contributed by atoms with E-state index in [1.54, 1.807) is 18.7 Å². The van der Waals surface area contributed by atoms with Gasteiger partial charge in [-0.15, -0.1) is 0 Å². The maximum absolute atomic E-state index is 12.0. The molecule has 0 radical (unpaired) electrons. The summed E-state index contributed by atoms with van der Waals surface area (Å²) in [6, 6.07) is 15.5. The summed E-state index contributed by atoms with van der Waals surface area (Å²) in [4.78, 5) is 12.0. The topological polar surface area (TPSA) is 38.3 Å². The fourth-order valence-corrected chi connectivity index (χ4v) is 3.05. The summed E-state index contributed by atoms with van der Waals surface area (Å²) < 4.78 is 5.66. The van der Waals surface area contributed by atoms with Crippen molar-refractivity contribution in [2.24, 2.45) is 0 Å². The third kappa shape index (κ3) is 6.46. The number of amides is 1. The fourth-order valence-electron chi connectivity index (χ4n) is 2.11. The van der Waals surface area contributed by atoms with Gasteiger partial charge in [0.15, 0.2) is 6.10 Å². The first kappa shape index (κ1) is 18.7. The molecule has 0 aliphatic heterocycles. The van der Waals surface area contributed by atoms with Crippen molar-refractivity contribution in [3.8, 4) is 5.75 Å². The molecule has 24 heavy (non-hydrogen) atoms. The van der Waals surface area contributed by atoms with Gasteiger partial charge in [-0.25, -0.2) is 0 Å². The van der Waals surface area contributed by atoms with Gasteiger partial charge in [0.2, 0.25) is 0 Å². The highest BCUT2D eigenvalue weighted by atomic mass is 35.5. The zero-order valence-electron chi connectivity index (χ0n) is 13.9. The van der Waals surface area contributed by atoms with Crippen molar-refractivity contribution < 1.29 is 9.53 Å². The second-order valence-electron chi connectivity index (χ2n) is 5.55. The smallest absolute Gasteiger partial charge is 0.260 e. The van der Waals surface area contributed by atoms with Crippen LogP contribution in [0.3, 0.4) is 0 Å². The van der Waals surface area contributed by atoms with Gasteiger partial charge < -0.3 is 10.1 Å². The molecule has 2 aromatic rings. The van der Waals surface area contributed by atoms with Crippen LogP contribution < -0.4 is 10.1 Å². The summed E-state index contributed by atoms with van der Waals surface area (Å²) in [7, 11) is 0. The second-order valence-corrected chi connectivity index (χ2v) is 7.09. The molecule has 0 spiro atoms. The Kier molecular flexibility index (Phi) is 7.47. The molecule has 128 valence electrons. The van der Waals surface area contributed by atoms with E-state index < -0.39 is 6.10 Å². The normalized spacial score (nSPS) is 11.8. The van der Waals surface area contributed by atoms with E-state index in [0.717, 1.165) is 27.8 Å². The first-order valence-electron chi connectivity index (χ1n) is 7.88. The van der Waals surface area contributed by atoms with Crippen LogP contribution in [0.4, 0.5) is 0 Å². The van der Waals surface area contributed by atoms with Crippen LogP contribution in [-0.2, 0) is 10.5 Å². The van der Waals surface area contributed by atoms with E-state index in [1.807, 2.05) is 55.5 Å². The zero-order chi connectivity index (χ0) is 17.4. The van der Waals surface area contributed by atoms with Crippen molar-refractivity contribution in [2.75, 3.05) is 12.3 Å². The van der Waals surface area contributed by atoms with Crippen LogP contribution in [0.2, 0.25) is 5.02 Å². The minimum Gasteiger partial charge on any atom is -0.481 e. The highest BCUT2D eigenvalue weighted by Gasteiger charge is 2.13. The minimum atomic E-state index is -0.506. The molecule has 0 heterocycles. The quantitative estimate of drug-likeness (QED) is 0.703. The van der Waals surface area contributed by atoms with Crippen molar-refractivity contribution in [1.82, 2.24) is 5.32 Å². The molecule has 0 aliphatic carbocycles. The molecule has 2 rings (SSSR count). The lowest BCUT2D eigenvalue weighted by Crippen LogP contribution is -2.37. The van der Waals surface area contributed by atoms with Crippen LogP contribution in [-0.4, -0.2) is 24.3 Å². The van der Waals surface area contributed by atoms with Crippen LogP contribution in [0.5, 0.6) is 5.75 Å². The number of hydrogen-bond donors (Lipinski definition) is 1. The summed E-state index contributed by atoms with van der Waals surface area (Å²) in [5.74, 6) is 2.38. The molecule has 2 aromatic carbocycles. The predicted molar refractivity (Wildman–Crippen MR) is 102 cm³/mol. The van der Waals surface area contributed by atoms with Crippen LogP contribution in [0.15, 0.2) is 48.5 Å². The molecule has 0 aromatic heterocycles. The Bertz CT molecular complexity index is 661. The standard InChI is InChI=1S/C19H22ClNO2S/c1-14-4-3-5-18(12-14)23-15(2)19(22)21-10-11-24-13-16-6-8-17(20)9-7-16/h3-9,12,15H,10-11,13H2,1-2H3,(H,21,22)/t15-/m0/s1. The molecule has 0 unspecified atom stereocenters. The predicted octanol–water partition coefficient (Wildman–Crippen LogP) is 4.47. The van der Waals surface area contributed by atoms with Crippen LogP contribution in [0.1, 0.15) is 18.1 Å². The van der Waals surface area contributed by atoms with E-state index in [2.05, 4.69) is 5.32 Å². The van der Waals surface area contributed by atoms with Crippen molar-refractivity contribution in [1.29, 1.82) is 0 Å². The third-order valence-corrected chi connectivity index (χ3v) is 4.68. The number of carbonyl (C=O) groups excluding carboxylic acids is 1. The number of hydrogen-bond acceptors (Lipinski definition) is 3. The molecule has 1 amide bonds. The summed E-state index contributed by atoms with van der Waals surface area (Å²) in [6.45, 7) is 4.38. The van der Waals surface area contributed by atoms with Gasteiger partial charge in [0.1, 0.15) is 5.75 Å². The maximum atomic E-state index is 12.0. The van der Waals surface area contributed by atoms with E-state index in [0.29, 0.717) is 6.54 Å². The Morgan fingerprint density at radius 1 is 1.25 bits per heavy atom. The van der Waals surface area contributed by atoms with Crippen LogP contribution in [0, 0.1) is 6.92 Å². The number of ether oxygens (including phenoxy) is 1. The van der Waals surface area contributed by atoms with Gasteiger partial charge in [0, 0.05) is 23.1 Å². The van der Waals surface area contributed by atoms with Crippen molar-refractivity contribution in [3.05, 3.63) is 64.7 Å². The molecule has 1 atom stereocenters. The summed E-state index contributed by atoms with van der Waals surface area (Å²) >= 11 is 7.63. The Balaban J connectivity index is 1.64. The van der Waals surface area contributed by atoms with Crippen LogP contribution >= 0.6 is 23.4 Å². The zero-order valence-corrected chi connectivity index (χ0v) is 15.5. The number of aryl methyl sites for hydroxylation is 1. The summed E-state index contributed by atoms with van der Waals surface area (Å²) in [5.41, 5.74) is 2.34. The molecular formula is C19H22ClNO2S. The first-order chi connectivity index (χ1) is 11.5. The molecule has 3 nitrogen and oxygen atoms in total. The fraction of sp³-hybridized carbons (Fsp3) is 0.316. The highest BCUT2D eigenvalue weighted by molar-refractivity contribution is 7.98. The lowest BCUT2D eigenvalue weighted by atomic mass is 10.2. The van der Waals surface area contributed by atoms with Crippen molar-refractivity contribution in [3.63, 3.8) is 0 Å². The van der Waals surface area contributed by atoms with E-state index in [4.69, 9.17) is 16.3 Å². The number of halogens is 1. The van der Waals surface area contributed by atoms with Gasteiger partial charge in [-0.3, -0.25) is 4.79 Å². The Hall–Kier alpha value is -1.65. The first-order valence-corrected chi connectivity index (χ1v) is 9.41. The summed E-state index contributed by atoms with van der Waals surface area (Å²) in [5, 5.41) is 3.66. The van der Waals surface area contributed by atoms with E-state index >= 15 is 0 Å². The summed E-state index contributed by atoms with van der Waals surface area (Å²) in [6.07, 6.45) is -0.506. The lowest BCUT2D eigenvalue weighted by molar-refractivity contribution is -0.127. The number of carbonyl (C=O) groups is 1. The average molecular weight is 364 g/mol. The van der Waals surface area contributed by atoms with Gasteiger partial charge in [0.05, 0.1) is 0 Å². The van der Waals surface area contributed by atoms with E-state index in [-0.39, 0.29) is 5.91 Å². The molecule has 0 aliphatic rings. The number of benzene rings is 2. The largest absolute Gasteiger partial charge is 0.481 e. The van der Waals surface area contributed by atoms with Crippen molar-refractivity contribution >= 4 is 29.3 Å². The van der Waals surface area contributed by atoms with Gasteiger partial charge >= 0.3 is 0 Å². The third-order valence-electron chi connectivity index (χ3n) is 3.40. The van der Waals surface area contributed by atoms with Crippen molar-refractivity contribution in [2.45, 2.75) is 25.7 Å². The van der Waals surface area contributed by atoms with Gasteiger partial charge in [0.25, 0.3) is 5.91 Å². The molecule has 0 saturated carbocycles. The monoisotopic (exact) mass is 363 g/mol. The van der Waals surface area contributed by atoms with Gasteiger partial charge in [-0.2, -0.15) is 11.8 Å². The SMILES string of the molecule is Cc1cccc(O[C@@H](C)C(=O)NCCSCc2ccc(Cl)cc2)c1. The Morgan fingerprint density at radius 3 is 2.71 bits per heavy atom. The number of thioether (sulfide) groups is 1. The molecular weight excluding hydrogens is 342 g/mol. The minimum absolute atomic E-state index is 0.0939. The molecule has 0 fully saturated rings. The molecule has 0 bridgehead atoms. The Labute approximate surface area is 152 Å².